The van der Waals surface area contributed by atoms with Crippen molar-refractivity contribution < 1.29 is 4.79 Å². The van der Waals surface area contributed by atoms with Crippen molar-refractivity contribution in [1.82, 2.24) is 30.8 Å². The van der Waals surface area contributed by atoms with Crippen LogP contribution in [0.4, 0.5) is 0 Å². The third kappa shape index (κ3) is 3.58. The first-order chi connectivity index (χ1) is 10.3. The van der Waals surface area contributed by atoms with Crippen LogP contribution in [0.25, 0.3) is 0 Å². The minimum atomic E-state index is 0.184. The van der Waals surface area contributed by atoms with E-state index >= 15 is 0 Å². The molecule has 116 valence electrons. The molecule has 0 radical (unpaired) electrons. The van der Waals surface area contributed by atoms with Gasteiger partial charge < -0.3 is 5.32 Å². The van der Waals surface area contributed by atoms with Gasteiger partial charge in [0.25, 0.3) is 0 Å². The molecule has 3 rings (SSSR count). The molecule has 1 aromatic rings. The Bertz CT molecular complexity index is 446. The molecule has 2 aliphatic rings. The van der Waals surface area contributed by atoms with Crippen molar-refractivity contribution in [1.29, 1.82) is 0 Å². The molecule has 7 heteroatoms. The summed E-state index contributed by atoms with van der Waals surface area (Å²) in [6, 6.07) is 0.477. The molecule has 2 fully saturated rings. The second kappa shape index (κ2) is 6.98. The van der Waals surface area contributed by atoms with E-state index < -0.39 is 0 Å². The molecule has 0 aromatic carbocycles. The molecule has 2 atom stereocenters. The van der Waals surface area contributed by atoms with Gasteiger partial charge in [-0.15, -0.1) is 10.2 Å². The number of hydrogen-bond acceptors (Lipinski definition) is 5. The summed E-state index contributed by atoms with van der Waals surface area (Å²) in [5.41, 5.74) is 0. The van der Waals surface area contributed by atoms with E-state index in [2.05, 4.69) is 30.8 Å². The number of carbonyl (C=O) groups excluding carboxylic acids is 1. The third-order valence-corrected chi connectivity index (χ3v) is 4.69. The third-order valence-electron chi connectivity index (χ3n) is 4.69. The Kier molecular flexibility index (Phi) is 4.80. The van der Waals surface area contributed by atoms with Crippen LogP contribution in [0.15, 0.2) is 0 Å². The van der Waals surface area contributed by atoms with Gasteiger partial charge in [0, 0.05) is 19.0 Å². The van der Waals surface area contributed by atoms with Crippen LogP contribution in [0.2, 0.25) is 0 Å². The zero-order valence-electron chi connectivity index (χ0n) is 12.4. The number of tetrazole rings is 1. The van der Waals surface area contributed by atoms with Crippen molar-refractivity contribution in [2.45, 2.75) is 51.0 Å². The normalized spacial score (nSPS) is 26.3. The van der Waals surface area contributed by atoms with Crippen molar-refractivity contribution in [2.24, 2.45) is 5.92 Å². The number of nitrogens with zero attached hydrogens (tertiary/aromatic N) is 4. The average Bonchev–Trinajstić information content (AvgIpc) is 3.04. The Labute approximate surface area is 124 Å². The van der Waals surface area contributed by atoms with E-state index in [0.29, 0.717) is 18.4 Å². The maximum absolute atomic E-state index is 12.4. The molecule has 0 bridgehead atoms. The maximum Gasteiger partial charge on any atom is 0.224 e. The predicted octanol–water partition coefficient (Wildman–Crippen LogP) is 0.513. The minimum Gasteiger partial charge on any atom is -0.356 e. The highest BCUT2D eigenvalue weighted by Gasteiger charge is 2.36. The summed E-state index contributed by atoms with van der Waals surface area (Å²) in [5, 5.41) is 16.9. The van der Waals surface area contributed by atoms with E-state index in [1.807, 2.05) is 0 Å². The quantitative estimate of drug-likeness (QED) is 0.772. The first-order valence-corrected chi connectivity index (χ1v) is 8.08. The Hall–Kier alpha value is -1.50. The maximum atomic E-state index is 12.4. The SMILES string of the molecule is O=C(NCCCc1nn[nH]n1)[C@@H]1CCCN2CCCC[C@H]12. The molecular formula is C14H24N6O. The summed E-state index contributed by atoms with van der Waals surface area (Å²) in [6.45, 7) is 3.04. The Morgan fingerprint density at radius 2 is 2.19 bits per heavy atom. The van der Waals surface area contributed by atoms with Gasteiger partial charge in [-0.25, -0.2) is 0 Å². The number of aromatic amines is 1. The second-order valence-corrected chi connectivity index (χ2v) is 6.07. The molecule has 2 saturated heterocycles. The summed E-state index contributed by atoms with van der Waals surface area (Å²) in [5.74, 6) is 1.13. The van der Waals surface area contributed by atoms with Crippen LogP contribution in [-0.4, -0.2) is 57.1 Å². The first-order valence-electron chi connectivity index (χ1n) is 8.08. The number of amides is 1. The molecule has 0 spiro atoms. The van der Waals surface area contributed by atoms with Gasteiger partial charge in [-0.3, -0.25) is 9.69 Å². The fourth-order valence-corrected chi connectivity index (χ4v) is 3.64. The monoisotopic (exact) mass is 292 g/mol. The molecule has 1 amide bonds. The van der Waals surface area contributed by atoms with E-state index in [4.69, 9.17) is 0 Å². The molecular weight excluding hydrogens is 268 g/mol. The van der Waals surface area contributed by atoms with Gasteiger partial charge in [0.1, 0.15) is 0 Å². The van der Waals surface area contributed by atoms with E-state index in [0.717, 1.165) is 25.7 Å². The Morgan fingerprint density at radius 3 is 3.05 bits per heavy atom. The highest BCUT2D eigenvalue weighted by atomic mass is 16.1. The second-order valence-electron chi connectivity index (χ2n) is 6.07. The van der Waals surface area contributed by atoms with Crippen molar-refractivity contribution in [3.05, 3.63) is 5.82 Å². The molecule has 0 saturated carbocycles. The summed E-state index contributed by atoms with van der Waals surface area (Å²) in [7, 11) is 0. The molecule has 0 aliphatic carbocycles. The number of H-pyrrole nitrogens is 1. The molecule has 7 nitrogen and oxygen atoms in total. The van der Waals surface area contributed by atoms with Gasteiger partial charge in [0.15, 0.2) is 5.82 Å². The molecule has 3 heterocycles. The van der Waals surface area contributed by atoms with Gasteiger partial charge in [0.2, 0.25) is 5.91 Å². The first kappa shape index (κ1) is 14.4. The van der Waals surface area contributed by atoms with Crippen LogP contribution in [0.3, 0.4) is 0 Å². The van der Waals surface area contributed by atoms with E-state index in [1.165, 1.54) is 32.4 Å². The lowest BCUT2D eigenvalue weighted by molar-refractivity contribution is -0.129. The van der Waals surface area contributed by atoms with Crippen LogP contribution in [0, 0.1) is 5.92 Å². The molecule has 0 unspecified atom stereocenters. The molecule has 2 aliphatic heterocycles. The smallest absolute Gasteiger partial charge is 0.224 e. The molecule has 1 aromatic heterocycles. The summed E-state index contributed by atoms with van der Waals surface area (Å²) in [6.07, 6.45) is 7.53. The summed E-state index contributed by atoms with van der Waals surface area (Å²) in [4.78, 5) is 15.0. The van der Waals surface area contributed by atoms with E-state index in [9.17, 15) is 4.79 Å². The van der Waals surface area contributed by atoms with Crippen LogP contribution in [0.1, 0.15) is 44.3 Å². The Balaban J connectivity index is 1.43. The summed E-state index contributed by atoms with van der Waals surface area (Å²) < 4.78 is 0. The number of nitrogens with one attached hydrogen (secondary N) is 2. The van der Waals surface area contributed by atoms with Crippen molar-refractivity contribution in [3.63, 3.8) is 0 Å². The van der Waals surface area contributed by atoms with Crippen LogP contribution in [0.5, 0.6) is 0 Å². The number of rotatable bonds is 5. The van der Waals surface area contributed by atoms with Gasteiger partial charge >= 0.3 is 0 Å². The molecule has 21 heavy (non-hydrogen) atoms. The van der Waals surface area contributed by atoms with Gasteiger partial charge in [-0.2, -0.15) is 5.21 Å². The number of hydrogen-bond donors (Lipinski definition) is 2. The minimum absolute atomic E-state index is 0.184. The Morgan fingerprint density at radius 1 is 1.29 bits per heavy atom. The fourth-order valence-electron chi connectivity index (χ4n) is 3.64. The van der Waals surface area contributed by atoms with Gasteiger partial charge in [-0.1, -0.05) is 11.6 Å². The number of fused-ring (bicyclic) bond motifs is 1. The number of aromatic nitrogens is 4. The van der Waals surface area contributed by atoms with E-state index in [-0.39, 0.29) is 11.8 Å². The fraction of sp³-hybridized carbons (Fsp3) is 0.857. The zero-order chi connectivity index (χ0) is 14.5. The largest absolute Gasteiger partial charge is 0.356 e. The molecule has 2 N–H and O–H groups in total. The van der Waals surface area contributed by atoms with Crippen LogP contribution in [-0.2, 0) is 11.2 Å². The van der Waals surface area contributed by atoms with Gasteiger partial charge in [0.05, 0.1) is 5.92 Å². The van der Waals surface area contributed by atoms with Crippen LogP contribution < -0.4 is 5.32 Å². The van der Waals surface area contributed by atoms with Gasteiger partial charge in [-0.05, 0) is 45.2 Å². The average molecular weight is 292 g/mol. The lowest BCUT2D eigenvalue weighted by atomic mass is 9.83. The van der Waals surface area contributed by atoms with Crippen molar-refractivity contribution in [3.8, 4) is 0 Å². The number of piperidine rings is 2. The standard InChI is InChI=1S/C14H24N6O/c21-14(15-8-3-7-13-16-18-19-17-13)11-5-4-10-20-9-2-1-6-12(11)20/h11-12H,1-10H2,(H,15,21)(H,16,17,18,19)/t11-,12-/m1/s1. The van der Waals surface area contributed by atoms with E-state index in [1.54, 1.807) is 0 Å². The predicted molar refractivity (Wildman–Crippen MR) is 77.4 cm³/mol. The lowest BCUT2D eigenvalue weighted by Gasteiger charge is -2.43. The topological polar surface area (TPSA) is 86.8 Å². The lowest BCUT2D eigenvalue weighted by Crippen LogP contribution is -2.52. The van der Waals surface area contributed by atoms with Crippen molar-refractivity contribution in [2.75, 3.05) is 19.6 Å². The number of carbonyl (C=O) groups is 1. The highest BCUT2D eigenvalue weighted by molar-refractivity contribution is 5.79. The highest BCUT2D eigenvalue weighted by Crippen LogP contribution is 2.30. The summed E-state index contributed by atoms with van der Waals surface area (Å²) >= 11 is 0. The van der Waals surface area contributed by atoms with Crippen molar-refractivity contribution >= 4 is 5.91 Å². The van der Waals surface area contributed by atoms with Crippen LogP contribution >= 0.6 is 0 Å². The zero-order valence-corrected chi connectivity index (χ0v) is 12.4. The number of aryl methyl sites for hydroxylation is 1.